The number of fused-ring (bicyclic) bond motifs is 1. The molecule has 0 aliphatic rings. The zero-order valence-electron chi connectivity index (χ0n) is 17.6. The van der Waals surface area contributed by atoms with Gasteiger partial charge in [0.2, 0.25) is 0 Å². The predicted octanol–water partition coefficient (Wildman–Crippen LogP) is 3.93. The second kappa shape index (κ2) is 12.8. The van der Waals surface area contributed by atoms with Crippen molar-refractivity contribution in [1.82, 2.24) is 20.9 Å². The number of thiazole rings is 1. The number of carbonyl (C=O) groups is 1. The molecule has 0 spiro atoms. The number of para-hydroxylation sites is 1. The van der Waals surface area contributed by atoms with Gasteiger partial charge in [-0.25, -0.2) is 9.78 Å². The van der Waals surface area contributed by atoms with Crippen LogP contribution in [0.4, 0.5) is 4.79 Å². The Labute approximate surface area is 194 Å². The van der Waals surface area contributed by atoms with Crippen molar-refractivity contribution >= 4 is 57.6 Å². The van der Waals surface area contributed by atoms with Gasteiger partial charge in [-0.1, -0.05) is 12.1 Å². The predicted molar refractivity (Wildman–Crippen MR) is 132 cm³/mol. The Bertz CT molecular complexity index is 756. The van der Waals surface area contributed by atoms with Gasteiger partial charge < -0.3 is 20.7 Å². The molecule has 9 heteroatoms. The summed E-state index contributed by atoms with van der Waals surface area (Å²) in [7, 11) is 1.75. The van der Waals surface area contributed by atoms with E-state index in [0.717, 1.165) is 37.3 Å². The van der Waals surface area contributed by atoms with Crippen LogP contribution < -0.4 is 16.0 Å². The second-order valence-electron chi connectivity index (χ2n) is 7.39. The first-order valence-electron chi connectivity index (χ1n) is 9.63. The average Bonchev–Trinajstić information content (AvgIpc) is 3.04. The number of guanidine groups is 1. The highest BCUT2D eigenvalue weighted by atomic mass is 127. The summed E-state index contributed by atoms with van der Waals surface area (Å²) in [6.45, 7) is 7.64. The van der Waals surface area contributed by atoms with Gasteiger partial charge in [-0.3, -0.25) is 4.99 Å². The van der Waals surface area contributed by atoms with Gasteiger partial charge in [0.15, 0.2) is 5.96 Å². The van der Waals surface area contributed by atoms with Gasteiger partial charge in [-0.2, -0.15) is 0 Å². The monoisotopic (exact) mass is 533 g/mol. The molecular formula is C20H32IN5O2S. The van der Waals surface area contributed by atoms with Gasteiger partial charge in [0.25, 0.3) is 0 Å². The second-order valence-corrected chi connectivity index (χ2v) is 8.50. The lowest BCUT2D eigenvalue weighted by atomic mass is 10.2. The lowest BCUT2D eigenvalue weighted by Crippen LogP contribution is -2.39. The van der Waals surface area contributed by atoms with E-state index in [4.69, 9.17) is 4.74 Å². The topological polar surface area (TPSA) is 87.6 Å². The summed E-state index contributed by atoms with van der Waals surface area (Å²) in [6.07, 6.45) is 2.33. The van der Waals surface area contributed by atoms with E-state index >= 15 is 0 Å². The molecule has 0 unspecified atom stereocenters. The number of ether oxygens (including phenoxy) is 1. The molecule has 0 saturated carbocycles. The molecule has 2 aromatic rings. The quantitative estimate of drug-likeness (QED) is 0.207. The van der Waals surface area contributed by atoms with Crippen LogP contribution in [0.25, 0.3) is 10.2 Å². The normalized spacial score (nSPS) is 11.7. The van der Waals surface area contributed by atoms with E-state index in [2.05, 4.69) is 38.1 Å². The van der Waals surface area contributed by atoms with Crippen molar-refractivity contribution in [2.45, 2.75) is 45.6 Å². The highest BCUT2D eigenvalue weighted by Gasteiger charge is 2.15. The fourth-order valence-corrected chi connectivity index (χ4v) is 3.50. The molecule has 1 heterocycles. The first-order chi connectivity index (χ1) is 13.4. The number of nitrogens with zero attached hydrogens (tertiary/aromatic N) is 2. The van der Waals surface area contributed by atoms with Crippen LogP contribution in [-0.2, 0) is 11.2 Å². The van der Waals surface area contributed by atoms with Gasteiger partial charge in [-0.15, -0.1) is 35.3 Å². The first kappa shape index (κ1) is 25.4. The SMILES string of the molecule is CN=C(NCCCNC(=O)OC(C)(C)C)NCCCc1nc2ccccc2s1.I. The number of halogens is 1. The molecule has 0 aliphatic carbocycles. The Hall–Kier alpha value is -1.62. The standard InChI is InChI=1S/C20H31N5O2S.HI/c1-20(2,3)27-19(26)24-14-8-13-23-18(21-4)22-12-7-11-17-25-15-9-5-6-10-16(15)28-17;/h5-6,9-10H,7-8,11-14H2,1-4H3,(H,24,26)(H2,21,22,23);1H. The van der Waals surface area contributed by atoms with Crippen LogP contribution in [0, 0.1) is 0 Å². The number of aliphatic imine (C=N–C) groups is 1. The smallest absolute Gasteiger partial charge is 0.407 e. The third-order valence-electron chi connectivity index (χ3n) is 3.74. The number of aromatic nitrogens is 1. The van der Waals surface area contributed by atoms with Gasteiger partial charge in [0, 0.05) is 33.1 Å². The van der Waals surface area contributed by atoms with Crippen LogP contribution in [0.15, 0.2) is 29.3 Å². The molecule has 7 nitrogen and oxygen atoms in total. The van der Waals surface area contributed by atoms with E-state index < -0.39 is 5.60 Å². The molecule has 1 aromatic heterocycles. The lowest BCUT2D eigenvalue weighted by molar-refractivity contribution is 0.0527. The molecule has 162 valence electrons. The number of hydrogen-bond acceptors (Lipinski definition) is 5. The number of hydrogen-bond donors (Lipinski definition) is 3. The number of alkyl carbamates (subject to hydrolysis) is 1. The van der Waals surface area contributed by atoms with Crippen LogP contribution in [0.3, 0.4) is 0 Å². The van der Waals surface area contributed by atoms with Crippen LogP contribution in [0.1, 0.15) is 38.6 Å². The van der Waals surface area contributed by atoms with Gasteiger partial charge >= 0.3 is 6.09 Å². The summed E-state index contributed by atoms with van der Waals surface area (Å²) in [4.78, 5) is 20.4. The third kappa shape index (κ3) is 10.1. The van der Waals surface area contributed by atoms with Crippen molar-refractivity contribution in [3.8, 4) is 0 Å². The molecule has 0 radical (unpaired) electrons. The highest BCUT2D eigenvalue weighted by Crippen LogP contribution is 2.22. The van der Waals surface area contributed by atoms with E-state index in [1.54, 1.807) is 18.4 Å². The fraction of sp³-hybridized carbons (Fsp3) is 0.550. The summed E-state index contributed by atoms with van der Waals surface area (Å²) < 4.78 is 6.44. The first-order valence-corrected chi connectivity index (χ1v) is 10.4. The molecule has 1 aromatic carbocycles. The van der Waals surface area contributed by atoms with Crippen molar-refractivity contribution in [3.05, 3.63) is 29.3 Å². The average molecular weight is 533 g/mol. The minimum atomic E-state index is -0.473. The number of benzene rings is 1. The molecule has 1 amide bonds. The zero-order valence-corrected chi connectivity index (χ0v) is 20.7. The molecule has 0 saturated heterocycles. The zero-order chi connectivity index (χ0) is 20.4. The summed E-state index contributed by atoms with van der Waals surface area (Å²) in [5.41, 5.74) is 0.604. The lowest BCUT2D eigenvalue weighted by Gasteiger charge is -2.19. The van der Waals surface area contributed by atoms with E-state index in [-0.39, 0.29) is 30.1 Å². The molecule has 29 heavy (non-hydrogen) atoms. The number of rotatable bonds is 8. The van der Waals surface area contributed by atoms with E-state index in [1.807, 2.05) is 32.9 Å². The molecular weight excluding hydrogens is 501 g/mol. The Morgan fingerprint density at radius 2 is 1.76 bits per heavy atom. The van der Waals surface area contributed by atoms with Crippen molar-refractivity contribution < 1.29 is 9.53 Å². The van der Waals surface area contributed by atoms with Gasteiger partial charge in [0.05, 0.1) is 15.2 Å². The van der Waals surface area contributed by atoms with E-state index in [9.17, 15) is 4.79 Å². The minimum Gasteiger partial charge on any atom is -0.444 e. The summed E-state index contributed by atoms with van der Waals surface area (Å²) >= 11 is 1.76. The van der Waals surface area contributed by atoms with E-state index in [0.29, 0.717) is 13.1 Å². The third-order valence-corrected chi connectivity index (χ3v) is 4.83. The summed E-state index contributed by atoms with van der Waals surface area (Å²) in [6, 6.07) is 8.23. The van der Waals surface area contributed by atoms with Crippen molar-refractivity contribution in [2.24, 2.45) is 4.99 Å². The Balaban J connectivity index is 0.00000420. The highest BCUT2D eigenvalue weighted by molar-refractivity contribution is 14.0. The van der Waals surface area contributed by atoms with Gasteiger partial charge in [-0.05, 0) is 45.7 Å². The van der Waals surface area contributed by atoms with Crippen LogP contribution >= 0.6 is 35.3 Å². The summed E-state index contributed by atoms with van der Waals surface area (Å²) in [5.74, 6) is 0.765. The number of amides is 1. The summed E-state index contributed by atoms with van der Waals surface area (Å²) in [5, 5.41) is 10.5. The maximum atomic E-state index is 11.6. The maximum absolute atomic E-state index is 11.6. The molecule has 2 rings (SSSR count). The Kier molecular flexibility index (Phi) is 11.3. The van der Waals surface area contributed by atoms with E-state index in [1.165, 1.54) is 9.71 Å². The molecule has 0 fully saturated rings. The Morgan fingerprint density at radius 3 is 2.41 bits per heavy atom. The van der Waals surface area contributed by atoms with Crippen molar-refractivity contribution in [2.75, 3.05) is 26.7 Å². The fourth-order valence-electron chi connectivity index (χ4n) is 2.49. The molecule has 3 N–H and O–H groups in total. The Morgan fingerprint density at radius 1 is 1.10 bits per heavy atom. The number of aryl methyl sites for hydroxylation is 1. The maximum Gasteiger partial charge on any atom is 0.407 e. The van der Waals surface area contributed by atoms with Crippen LogP contribution in [0.5, 0.6) is 0 Å². The molecule has 0 aliphatic heterocycles. The van der Waals surface area contributed by atoms with Crippen molar-refractivity contribution in [1.29, 1.82) is 0 Å². The molecule has 0 bridgehead atoms. The van der Waals surface area contributed by atoms with Crippen LogP contribution in [0.2, 0.25) is 0 Å². The largest absolute Gasteiger partial charge is 0.444 e. The minimum absolute atomic E-state index is 0. The number of nitrogens with one attached hydrogen (secondary N) is 3. The van der Waals surface area contributed by atoms with Crippen molar-refractivity contribution in [3.63, 3.8) is 0 Å². The number of carbonyl (C=O) groups excluding carboxylic acids is 1. The van der Waals surface area contributed by atoms with Gasteiger partial charge in [0.1, 0.15) is 5.60 Å². The molecule has 0 atom stereocenters. The van der Waals surface area contributed by atoms with Crippen LogP contribution in [-0.4, -0.2) is 49.3 Å².